The van der Waals surface area contributed by atoms with Gasteiger partial charge in [-0.2, -0.15) is 0 Å². The van der Waals surface area contributed by atoms with Gasteiger partial charge in [-0.15, -0.1) is 10.2 Å². The molecule has 0 spiro atoms. The second-order valence-corrected chi connectivity index (χ2v) is 7.84. The summed E-state index contributed by atoms with van der Waals surface area (Å²) in [5.74, 6) is 8.78. The van der Waals surface area contributed by atoms with E-state index < -0.39 is 0 Å². The quantitative estimate of drug-likeness (QED) is 0.674. The molecule has 0 radical (unpaired) electrons. The number of nitrogen functional groups attached to an aromatic ring is 1. The minimum Gasteiger partial charge on any atom is -0.342 e. The zero-order chi connectivity index (χ0) is 16.2. The average molecular weight is 337 g/mol. The van der Waals surface area contributed by atoms with Gasteiger partial charge in [0.1, 0.15) is 0 Å². The Kier molecular flexibility index (Phi) is 5.46. The molecule has 0 unspecified atom stereocenters. The van der Waals surface area contributed by atoms with Crippen molar-refractivity contribution in [3.8, 4) is 0 Å². The predicted molar refractivity (Wildman–Crippen MR) is 91.7 cm³/mol. The van der Waals surface area contributed by atoms with Gasteiger partial charge in [-0.05, 0) is 31.6 Å². The molecule has 0 atom stereocenters. The number of aromatic nitrogens is 3. The second-order valence-electron chi connectivity index (χ2n) is 6.90. The first-order valence-electron chi connectivity index (χ1n) is 8.76. The number of carbonyl (C=O) groups is 1. The van der Waals surface area contributed by atoms with Gasteiger partial charge in [0, 0.05) is 19.0 Å². The van der Waals surface area contributed by atoms with Crippen molar-refractivity contribution in [2.75, 3.05) is 24.7 Å². The number of hydrogen-bond donors (Lipinski definition) is 1. The monoisotopic (exact) mass is 337 g/mol. The van der Waals surface area contributed by atoms with Crippen LogP contribution in [-0.4, -0.2) is 44.5 Å². The summed E-state index contributed by atoms with van der Waals surface area (Å²) < 4.78 is 1.60. The van der Waals surface area contributed by atoms with E-state index in [1.54, 1.807) is 4.68 Å². The van der Waals surface area contributed by atoms with E-state index in [2.05, 4.69) is 17.1 Å². The van der Waals surface area contributed by atoms with E-state index in [0.717, 1.165) is 50.5 Å². The fraction of sp³-hybridized carbons (Fsp3) is 0.812. The third-order valence-corrected chi connectivity index (χ3v) is 6.05. The smallest absolute Gasteiger partial charge is 0.233 e. The first kappa shape index (κ1) is 16.6. The van der Waals surface area contributed by atoms with Gasteiger partial charge in [-0.3, -0.25) is 4.79 Å². The number of likely N-dealkylation sites (tertiary alicyclic amines) is 1. The molecule has 3 rings (SSSR count). The first-order chi connectivity index (χ1) is 11.1. The molecular weight excluding hydrogens is 310 g/mol. The lowest BCUT2D eigenvalue weighted by molar-refractivity contribution is -0.129. The molecule has 6 nitrogen and oxygen atoms in total. The molecule has 128 valence electrons. The highest BCUT2D eigenvalue weighted by atomic mass is 32.2. The van der Waals surface area contributed by atoms with Crippen molar-refractivity contribution in [3.63, 3.8) is 0 Å². The van der Waals surface area contributed by atoms with Crippen LogP contribution in [0.1, 0.15) is 63.6 Å². The zero-order valence-corrected chi connectivity index (χ0v) is 14.7. The van der Waals surface area contributed by atoms with Gasteiger partial charge < -0.3 is 10.7 Å². The summed E-state index contributed by atoms with van der Waals surface area (Å²) in [5.41, 5.74) is 0. The Morgan fingerprint density at radius 1 is 1.17 bits per heavy atom. The summed E-state index contributed by atoms with van der Waals surface area (Å²) in [6, 6.07) is 0. The number of nitrogens with zero attached hydrogens (tertiary/aromatic N) is 4. The van der Waals surface area contributed by atoms with E-state index in [1.165, 1.54) is 31.0 Å². The maximum atomic E-state index is 12.3. The fourth-order valence-corrected chi connectivity index (χ4v) is 4.27. The summed E-state index contributed by atoms with van der Waals surface area (Å²) in [6.07, 6.45) is 8.29. The van der Waals surface area contributed by atoms with Crippen LogP contribution < -0.4 is 5.84 Å². The fourth-order valence-electron chi connectivity index (χ4n) is 3.50. The first-order valence-corrected chi connectivity index (χ1v) is 9.74. The number of rotatable bonds is 4. The van der Waals surface area contributed by atoms with Crippen LogP contribution in [-0.2, 0) is 4.79 Å². The zero-order valence-electron chi connectivity index (χ0n) is 13.9. The van der Waals surface area contributed by atoms with Crippen LogP contribution >= 0.6 is 11.8 Å². The maximum Gasteiger partial charge on any atom is 0.233 e. The van der Waals surface area contributed by atoms with Crippen molar-refractivity contribution in [2.24, 2.45) is 5.92 Å². The topological polar surface area (TPSA) is 77.0 Å². The van der Waals surface area contributed by atoms with Gasteiger partial charge in [0.05, 0.1) is 5.75 Å². The molecule has 2 N–H and O–H groups in total. The Balaban J connectivity index is 1.54. The van der Waals surface area contributed by atoms with Gasteiger partial charge >= 0.3 is 0 Å². The Morgan fingerprint density at radius 2 is 1.87 bits per heavy atom. The van der Waals surface area contributed by atoms with Crippen molar-refractivity contribution in [2.45, 2.75) is 62.9 Å². The number of piperidine rings is 1. The summed E-state index contributed by atoms with van der Waals surface area (Å²) in [5, 5.41) is 9.14. The van der Waals surface area contributed by atoms with Crippen LogP contribution in [0.3, 0.4) is 0 Å². The van der Waals surface area contributed by atoms with E-state index >= 15 is 0 Å². The van der Waals surface area contributed by atoms with Crippen molar-refractivity contribution in [1.29, 1.82) is 0 Å². The minimum atomic E-state index is 0.184. The van der Waals surface area contributed by atoms with Gasteiger partial charge in [-0.1, -0.05) is 37.9 Å². The normalized spacial score (nSPS) is 20.8. The molecule has 1 amide bonds. The molecule has 0 bridgehead atoms. The van der Waals surface area contributed by atoms with E-state index in [1.807, 2.05) is 4.90 Å². The molecule has 1 saturated heterocycles. The van der Waals surface area contributed by atoms with E-state index in [9.17, 15) is 4.79 Å². The lowest BCUT2D eigenvalue weighted by atomic mass is 9.89. The molecule has 1 aromatic rings. The average Bonchev–Trinajstić information content (AvgIpc) is 2.95. The summed E-state index contributed by atoms with van der Waals surface area (Å²) >= 11 is 1.41. The SMILES string of the molecule is CC1CCN(C(=O)CSc2nnc(C3CCCCC3)n2N)CC1. The number of hydrogen-bond acceptors (Lipinski definition) is 5. The van der Waals surface area contributed by atoms with Crippen LogP contribution in [0, 0.1) is 5.92 Å². The third kappa shape index (κ3) is 4.00. The van der Waals surface area contributed by atoms with Crippen LogP contribution in [0.4, 0.5) is 0 Å². The lowest BCUT2D eigenvalue weighted by Crippen LogP contribution is -2.39. The highest BCUT2D eigenvalue weighted by Crippen LogP contribution is 2.32. The molecule has 7 heteroatoms. The van der Waals surface area contributed by atoms with Crippen molar-refractivity contribution in [3.05, 3.63) is 5.82 Å². The minimum absolute atomic E-state index is 0.184. The van der Waals surface area contributed by atoms with Gasteiger partial charge in [-0.25, -0.2) is 4.68 Å². The Labute approximate surface area is 142 Å². The molecule has 1 aromatic heterocycles. The third-order valence-electron chi connectivity index (χ3n) is 5.12. The molecule has 2 fully saturated rings. The molecule has 23 heavy (non-hydrogen) atoms. The van der Waals surface area contributed by atoms with Crippen LogP contribution in [0.15, 0.2) is 5.16 Å². The summed E-state index contributed by atoms with van der Waals surface area (Å²) in [4.78, 5) is 14.3. The van der Waals surface area contributed by atoms with Gasteiger partial charge in [0.25, 0.3) is 0 Å². The van der Waals surface area contributed by atoms with E-state index in [0.29, 0.717) is 16.8 Å². The Morgan fingerprint density at radius 3 is 2.57 bits per heavy atom. The standard InChI is InChI=1S/C16H27N5OS/c1-12-7-9-20(10-8-12)14(22)11-23-16-19-18-15(21(16)17)13-5-3-2-4-6-13/h12-13H,2-11,17H2,1H3. The molecule has 1 aliphatic carbocycles. The molecule has 0 aromatic carbocycles. The maximum absolute atomic E-state index is 12.3. The Bertz CT molecular complexity index is 533. The van der Waals surface area contributed by atoms with Crippen LogP contribution in [0.25, 0.3) is 0 Å². The van der Waals surface area contributed by atoms with E-state index in [4.69, 9.17) is 5.84 Å². The molecular formula is C16H27N5OS. The largest absolute Gasteiger partial charge is 0.342 e. The number of amides is 1. The molecule has 1 aliphatic heterocycles. The van der Waals surface area contributed by atoms with Crippen molar-refractivity contribution in [1.82, 2.24) is 19.8 Å². The van der Waals surface area contributed by atoms with Crippen LogP contribution in [0.5, 0.6) is 0 Å². The predicted octanol–water partition coefficient (Wildman–Crippen LogP) is 2.39. The lowest BCUT2D eigenvalue weighted by Gasteiger charge is -2.30. The van der Waals surface area contributed by atoms with Gasteiger partial charge in [0.15, 0.2) is 5.82 Å². The highest BCUT2D eigenvalue weighted by Gasteiger charge is 2.24. The van der Waals surface area contributed by atoms with Crippen LogP contribution in [0.2, 0.25) is 0 Å². The molecule has 1 saturated carbocycles. The number of thioether (sulfide) groups is 1. The molecule has 2 heterocycles. The number of carbonyl (C=O) groups excluding carboxylic acids is 1. The number of nitrogens with two attached hydrogens (primary N) is 1. The summed E-state index contributed by atoms with van der Waals surface area (Å²) in [7, 11) is 0. The van der Waals surface area contributed by atoms with Crippen molar-refractivity contribution >= 4 is 17.7 Å². The Hall–Kier alpha value is -1.24. The summed E-state index contributed by atoms with van der Waals surface area (Å²) in [6.45, 7) is 4.01. The highest BCUT2D eigenvalue weighted by molar-refractivity contribution is 7.99. The van der Waals surface area contributed by atoms with Crippen molar-refractivity contribution < 1.29 is 4.79 Å². The second kappa shape index (κ2) is 7.55. The van der Waals surface area contributed by atoms with Gasteiger partial charge in [0.2, 0.25) is 11.1 Å². The molecule has 2 aliphatic rings. The van der Waals surface area contributed by atoms with E-state index in [-0.39, 0.29) is 5.91 Å².